The van der Waals surface area contributed by atoms with E-state index in [4.69, 9.17) is 16.3 Å². The third kappa shape index (κ3) is 3.19. The summed E-state index contributed by atoms with van der Waals surface area (Å²) in [7, 11) is 3.25. The first-order valence-corrected chi connectivity index (χ1v) is 6.92. The molecule has 1 heterocycles. The van der Waals surface area contributed by atoms with Gasteiger partial charge in [-0.05, 0) is 32.0 Å². The van der Waals surface area contributed by atoms with Gasteiger partial charge in [0.2, 0.25) is 0 Å². The molecule has 0 radical (unpaired) electrons. The summed E-state index contributed by atoms with van der Waals surface area (Å²) in [6, 6.07) is 5.20. The summed E-state index contributed by atoms with van der Waals surface area (Å²) >= 11 is 6.00. The number of aromatic nitrogens is 2. The smallest absolute Gasteiger partial charge is 0.339 e. The van der Waals surface area contributed by atoms with Crippen LogP contribution in [0.3, 0.4) is 0 Å². The van der Waals surface area contributed by atoms with Gasteiger partial charge < -0.3 is 10.1 Å². The fourth-order valence-electron chi connectivity index (χ4n) is 2.17. The molecule has 0 saturated carbocycles. The Kier molecular flexibility index (Phi) is 4.53. The molecule has 1 aromatic heterocycles. The van der Waals surface area contributed by atoms with Crippen LogP contribution in [0.25, 0.3) is 0 Å². The Morgan fingerprint density at radius 3 is 2.71 bits per heavy atom. The molecule has 0 saturated heterocycles. The highest BCUT2D eigenvalue weighted by atomic mass is 35.5. The lowest BCUT2D eigenvalue weighted by Gasteiger charge is -2.09. The van der Waals surface area contributed by atoms with Crippen LogP contribution >= 0.6 is 11.6 Å². The van der Waals surface area contributed by atoms with Crippen molar-refractivity contribution >= 4 is 23.3 Å². The zero-order valence-electron chi connectivity index (χ0n) is 12.5. The summed E-state index contributed by atoms with van der Waals surface area (Å²) in [4.78, 5) is 11.6. The van der Waals surface area contributed by atoms with Gasteiger partial charge in [-0.3, -0.25) is 4.68 Å². The highest BCUT2D eigenvalue weighted by molar-refractivity contribution is 6.33. The molecule has 0 atom stereocenters. The number of nitrogens with zero attached hydrogens (tertiary/aromatic N) is 2. The van der Waals surface area contributed by atoms with E-state index in [1.165, 1.54) is 7.11 Å². The Bertz CT molecular complexity index is 680. The third-order valence-corrected chi connectivity index (χ3v) is 3.83. The number of rotatable bonds is 4. The van der Waals surface area contributed by atoms with Gasteiger partial charge in [0, 0.05) is 30.5 Å². The number of halogens is 1. The lowest BCUT2D eigenvalue weighted by atomic mass is 10.1. The maximum Gasteiger partial charge on any atom is 0.339 e. The number of methoxy groups -OCH3 is 1. The van der Waals surface area contributed by atoms with E-state index in [1.54, 1.807) is 12.1 Å². The standard InChI is InChI=1S/C15H18ClN3O2/c1-9-13(10(2)19(3)18-9)8-17-11-5-6-14(16)12(7-11)15(20)21-4/h5-7,17H,8H2,1-4H3. The molecule has 1 N–H and O–H groups in total. The summed E-state index contributed by atoms with van der Waals surface area (Å²) in [5.74, 6) is -0.447. The summed E-state index contributed by atoms with van der Waals surface area (Å²) in [6.07, 6.45) is 0. The molecule has 0 unspecified atom stereocenters. The molecule has 5 nitrogen and oxygen atoms in total. The van der Waals surface area contributed by atoms with Crippen molar-refractivity contribution in [1.82, 2.24) is 9.78 Å². The number of esters is 1. The summed E-state index contributed by atoms with van der Waals surface area (Å²) in [5, 5.41) is 8.04. The van der Waals surface area contributed by atoms with Gasteiger partial charge in [0.1, 0.15) is 0 Å². The highest BCUT2D eigenvalue weighted by Gasteiger charge is 2.12. The SMILES string of the molecule is COC(=O)c1cc(NCc2c(C)nn(C)c2C)ccc1Cl. The van der Waals surface area contributed by atoms with Gasteiger partial charge >= 0.3 is 5.97 Å². The summed E-state index contributed by atoms with van der Waals surface area (Å²) in [5.41, 5.74) is 4.41. The number of carbonyl (C=O) groups excluding carboxylic acids is 1. The molecule has 0 spiro atoms. The van der Waals surface area contributed by atoms with Gasteiger partial charge in [-0.2, -0.15) is 5.10 Å². The molecule has 0 bridgehead atoms. The monoisotopic (exact) mass is 307 g/mol. The van der Waals surface area contributed by atoms with E-state index in [2.05, 4.69) is 10.4 Å². The third-order valence-electron chi connectivity index (χ3n) is 3.50. The number of ether oxygens (including phenoxy) is 1. The summed E-state index contributed by atoms with van der Waals surface area (Å²) in [6.45, 7) is 4.64. The summed E-state index contributed by atoms with van der Waals surface area (Å²) < 4.78 is 6.57. The molecule has 0 fully saturated rings. The van der Waals surface area contributed by atoms with E-state index >= 15 is 0 Å². The van der Waals surface area contributed by atoms with Gasteiger partial charge in [-0.1, -0.05) is 11.6 Å². The lowest BCUT2D eigenvalue weighted by Crippen LogP contribution is -2.06. The predicted octanol–water partition coefficient (Wildman–Crippen LogP) is 3.09. The molecule has 0 amide bonds. The van der Waals surface area contributed by atoms with Crippen LogP contribution in [0.4, 0.5) is 5.69 Å². The van der Waals surface area contributed by atoms with Gasteiger partial charge in [0.15, 0.2) is 0 Å². The Balaban J connectivity index is 2.19. The van der Waals surface area contributed by atoms with Crippen molar-refractivity contribution in [1.29, 1.82) is 0 Å². The first-order valence-electron chi connectivity index (χ1n) is 6.55. The van der Waals surface area contributed by atoms with E-state index in [9.17, 15) is 4.79 Å². The maximum atomic E-state index is 11.6. The van der Waals surface area contributed by atoms with Crippen LogP contribution in [0.2, 0.25) is 5.02 Å². The molecule has 2 rings (SSSR count). The van der Waals surface area contributed by atoms with Crippen LogP contribution in [0.5, 0.6) is 0 Å². The van der Waals surface area contributed by atoms with Crippen LogP contribution in [-0.4, -0.2) is 22.9 Å². The Hall–Kier alpha value is -2.01. The van der Waals surface area contributed by atoms with Gasteiger partial charge in [-0.15, -0.1) is 0 Å². The molecule has 112 valence electrons. The van der Waals surface area contributed by atoms with Crippen molar-refractivity contribution in [3.8, 4) is 0 Å². The molecular weight excluding hydrogens is 290 g/mol. The van der Waals surface area contributed by atoms with Gasteiger partial charge in [-0.25, -0.2) is 4.79 Å². The van der Waals surface area contributed by atoms with Crippen LogP contribution in [0.1, 0.15) is 27.3 Å². The number of hydrogen-bond acceptors (Lipinski definition) is 4. The second kappa shape index (κ2) is 6.18. The molecule has 1 aromatic carbocycles. The minimum absolute atomic E-state index is 0.351. The van der Waals surface area contributed by atoms with Crippen LogP contribution in [0.15, 0.2) is 18.2 Å². The van der Waals surface area contributed by atoms with Crippen molar-refractivity contribution in [2.45, 2.75) is 20.4 Å². The predicted molar refractivity (Wildman–Crippen MR) is 82.8 cm³/mol. The second-order valence-corrected chi connectivity index (χ2v) is 5.22. The lowest BCUT2D eigenvalue weighted by molar-refractivity contribution is 0.0601. The molecule has 0 aliphatic rings. The Morgan fingerprint density at radius 1 is 1.43 bits per heavy atom. The van der Waals surface area contributed by atoms with Crippen molar-refractivity contribution < 1.29 is 9.53 Å². The van der Waals surface area contributed by atoms with E-state index in [-0.39, 0.29) is 0 Å². The zero-order chi connectivity index (χ0) is 15.6. The quantitative estimate of drug-likeness (QED) is 0.882. The largest absolute Gasteiger partial charge is 0.465 e. The topological polar surface area (TPSA) is 56.1 Å². The van der Waals surface area contributed by atoms with E-state index in [1.807, 2.05) is 31.6 Å². The first-order chi connectivity index (χ1) is 9.93. The normalized spacial score (nSPS) is 10.5. The molecule has 6 heteroatoms. The van der Waals surface area contributed by atoms with E-state index in [0.717, 1.165) is 22.6 Å². The minimum Gasteiger partial charge on any atom is -0.465 e. The van der Waals surface area contributed by atoms with Crippen molar-refractivity contribution in [2.75, 3.05) is 12.4 Å². The molecule has 0 aliphatic carbocycles. The maximum absolute atomic E-state index is 11.6. The minimum atomic E-state index is -0.447. The van der Waals surface area contributed by atoms with Crippen LogP contribution in [-0.2, 0) is 18.3 Å². The van der Waals surface area contributed by atoms with Crippen LogP contribution < -0.4 is 5.32 Å². The fraction of sp³-hybridized carbons (Fsp3) is 0.333. The molecule has 21 heavy (non-hydrogen) atoms. The van der Waals surface area contributed by atoms with Crippen LogP contribution in [0, 0.1) is 13.8 Å². The molecular formula is C15H18ClN3O2. The van der Waals surface area contributed by atoms with E-state index < -0.39 is 5.97 Å². The fourth-order valence-corrected chi connectivity index (χ4v) is 2.36. The zero-order valence-corrected chi connectivity index (χ0v) is 13.3. The number of benzene rings is 1. The van der Waals surface area contributed by atoms with E-state index in [0.29, 0.717) is 17.1 Å². The first kappa shape index (κ1) is 15.4. The van der Waals surface area contributed by atoms with Crippen molar-refractivity contribution in [3.05, 3.63) is 45.7 Å². The number of nitrogens with one attached hydrogen (secondary N) is 1. The Labute approximate surface area is 128 Å². The van der Waals surface area contributed by atoms with Crippen molar-refractivity contribution in [2.24, 2.45) is 7.05 Å². The number of aryl methyl sites for hydroxylation is 2. The molecule has 0 aliphatic heterocycles. The molecule has 2 aromatic rings. The number of anilines is 1. The van der Waals surface area contributed by atoms with Gasteiger partial charge in [0.25, 0.3) is 0 Å². The second-order valence-electron chi connectivity index (χ2n) is 4.81. The average molecular weight is 308 g/mol. The Morgan fingerprint density at radius 2 is 2.14 bits per heavy atom. The average Bonchev–Trinajstić information content (AvgIpc) is 2.71. The highest BCUT2D eigenvalue weighted by Crippen LogP contribution is 2.22. The number of carbonyl (C=O) groups is 1. The number of hydrogen-bond donors (Lipinski definition) is 1. The van der Waals surface area contributed by atoms with Gasteiger partial charge in [0.05, 0.1) is 23.4 Å². The van der Waals surface area contributed by atoms with Crippen molar-refractivity contribution in [3.63, 3.8) is 0 Å².